The van der Waals surface area contributed by atoms with E-state index in [1.54, 1.807) is 0 Å². The molecule has 5 heteroatoms. The average molecular weight is 250 g/mol. The maximum Gasteiger partial charge on any atom is 0.137 e. The van der Waals surface area contributed by atoms with E-state index >= 15 is 0 Å². The molecule has 1 aliphatic rings. The fourth-order valence-electron chi connectivity index (χ4n) is 2.25. The van der Waals surface area contributed by atoms with Crippen LogP contribution >= 0.6 is 0 Å². The molecule has 1 fully saturated rings. The van der Waals surface area contributed by atoms with Gasteiger partial charge in [0.25, 0.3) is 0 Å². The van der Waals surface area contributed by atoms with Crippen LogP contribution in [-0.4, -0.2) is 36.3 Å². The van der Waals surface area contributed by atoms with Crippen LogP contribution in [-0.2, 0) is 11.2 Å². The maximum atomic E-state index is 5.98. The number of nitrogen functional groups attached to an aromatic ring is 1. The van der Waals surface area contributed by atoms with Crippen molar-refractivity contribution in [2.45, 2.75) is 39.2 Å². The van der Waals surface area contributed by atoms with E-state index in [0.29, 0.717) is 11.9 Å². The summed E-state index contributed by atoms with van der Waals surface area (Å²) in [5.41, 5.74) is 6.94. The van der Waals surface area contributed by atoms with Crippen molar-refractivity contribution >= 4 is 11.6 Å². The molecule has 0 radical (unpaired) electrons. The molecule has 1 aromatic heterocycles. The number of hydrogen-bond donors (Lipinski definition) is 1. The van der Waals surface area contributed by atoms with Crippen molar-refractivity contribution in [3.05, 3.63) is 11.4 Å². The summed E-state index contributed by atoms with van der Waals surface area (Å²) in [5.74, 6) is 2.37. The van der Waals surface area contributed by atoms with Crippen molar-refractivity contribution in [2.75, 3.05) is 30.9 Å². The average Bonchev–Trinajstić information content (AvgIpc) is 2.86. The van der Waals surface area contributed by atoms with E-state index in [9.17, 15) is 0 Å². The highest BCUT2D eigenvalue weighted by Gasteiger charge is 2.23. The molecule has 18 heavy (non-hydrogen) atoms. The molecule has 0 spiro atoms. The Balaban J connectivity index is 2.29. The molecular formula is C13H22N4O. The van der Waals surface area contributed by atoms with Gasteiger partial charge in [-0.05, 0) is 19.8 Å². The topological polar surface area (TPSA) is 64.3 Å². The molecule has 1 unspecified atom stereocenters. The predicted octanol–water partition coefficient (Wildman–Crippen LogP) is 1.54. The third-order valence-electron chi connectivity index (χ3n) is 3.47. The number of likely N-dealkylation sites (N-methyl/N-ethyl adjacent to an activating group) is 1. The molecule has 1 aliphatic heterocycles. The van der Waals surface area contributed by atoms with E-state index in [4.69, 9.17) is 10.5 Å². The number of ether oxygens (including phenoxy) is 1. The number of anilines is 2. The first-order valence-electron chi connectivity index (χ1n) is 6.57. The minimum absolute atomic E-state index is 0.396. The van der Waals surface area contributed by atoms with Crippen molar-refractivity contribution in [3.8, 4) is 0 Å². The number of rotatable bonds is 4. The van der Waals surface area contributed by atoms with Gasteiger partial charge in [0.15, 0.2) is 0 Å². The lowest BCUT2D eigenvalue weighted by atomic mass is 10.2. The summed E-state index contributed by atoms with van der Waals surface area (Å²) in [5, 5.41) is 0. The Morgan fingerprint density at radius 3 is 2.83 bits per heavy atom. The molecule has 1 atom stereocenters. The van der Waals surface area contributed by atoms with E-state index < -0.39 is 0 Å². The Hall–Kier alpha value is -1.36. The van der Waals surface area contributed by atoms with E-state index in [1.165, 1.54) is 0 Å². The number of nitrogens with zero attached hydrogens (tertiary/aromatic N) is 3. The van der Waals surface area contributed by atoms with E-state index in [-0.39, 0.29) is 0 Å². The van der Waals surface area contributed by atoms with Crippen molar-refractivity contribution in [1.82, 2.24) is 9.97 Å². The second kappa shape index (κ2) is 5.52. The lowest BCUT2D eigenvalue weighted by Gasteiger charge is -2.26. The summed E-state index contributed by atoms with van der Waals surface area (Å²) in [6.07, 6.45) is 2.94. The standard InChI is InChI=1S/C13H22N4O/c1-4-5-11-15-12(14)9(2)13(16-11)17(3)10-6-7-18-8-10/h10H,4-8H2,1-3H3,(H2,14,15,16). The number of hydrogen-bond acceptors (Lipinski definition) is 5. The summed E-state index contributed by atoms with van der Waals surface area (Å²) in [6, 6.07) is 0.396. The third-order valence-corrected chi connectivity index (χ3v) is 3.47. The first kappa shape index (κ1) is 13.1. The zero-order valence-corrected chi connectivity index (χ0v) is 11.4. The molecule has 0 amide bonds. The number of aromatic nitrogens is 2. The van der Waals surface area contributed by atoms with Gasteiger partial charge in [-0.3, -0.25) is 0 Å². The van der Waals surface area contributed by atoms with Crippen LogP contribution in [0.1, 0.15) is 31.2 Å². The van der Waals surface area contributed by atoms with E-state index in [0.717, 1.165) is 49.7 Å². The van der Waals surface area contributed by atoms with Gasteiger partial charge in [0.2, 0.25) is 0 Å². The fraction of sp³-hybridized carbons (Fsp3) is 0.692. The highest BCUT2D eigenvalue weighted by Crippen LogP contribution is 2.25. The van der Waals surface area contributed by atoms with Gasteiger partial charge >= 0.3 is 0 Å². The summed E-state index contributed by atoms with van der Waals surface area (Å²) >= 11 is 0. The molecule has 0 saturated carbocycles. The van der Waals surface area contributed by atoms with Gasteiger partial charge in [-0.2, -0.15) is 0 Å². The van der Waals surface area contributed by atoms with Gasteiger partial charge in [-0.25, -0.2) is 9.97 Å². The van der Waals surface area contributed by atoms with Crippen LogP contribution in [0.15, 0.2) is 0 Å². The van der Waals surface area contributed by atoms with Gasteiger partial charge in [0.05, 0.1) is 12.6 Å². The molecular weight excluding hydrogens is 228 g/mol. The molecule has 0 bridgehead atoms. The summed E-state index contributed by atoms with van der Waals surface area (Å²) in [4.78, 5) is 11.2. The quantitative estimate of drug-likeness (QED) is 0.878. The van der Waals surface area contributed by atoms with Crippen LogP contribution in [0.2, 0.25) is 0 Å². The molecule has 1 saturated heterocycles. The lowest BCUT2D eigenvalue weighted by Crippen LogP contribution is -2.33. The van der Waals surface area contributed by atoms with Crippen molar-refractivity contribution in [3.63, 3.8) is 0 Å². The Labute approximate surface area is 108 Å². The Morgan fingerprint density at radius 2 is 2.22 bits per heavy atom. The SMILES string of the molecule is CCCc1nc(N)c(C)c(N(C)C2CCOC2)n1. The minimum Gasteiger partial charge on any atom is -0.383 e. The van der Waals surface area contributed by atoms with E-state index in [1.807, 2.05) is 6.92 Å². The second-order valence-electron chi connectivity index (χ2n) is 4.85. The van der Waals surface area contributed by atoms with Crippen LogP contribution in [0.25, 0.3) is 0 Å². The van der Waals surface area contributed by atoms with E-state index in [2.05, 4.69) is 28.8 Å². The largest absolute Gasteiger partial charge is 0.383 e. The van der Waals surface area contributed by atoms with Crippen molar-refractivity contribution in [2.24, 2.45) is 0 Å². The Bertz CT molecular complexity index is 416. The molecule has 5 nitrogen and oxygen atoms in total. The molecule has 0 aromatic carbocycles. The molecule has 0 aliphatic carbocycles. The van der Waals surface area contributed by atoms with Gasteiger partial charge < -0.3 is 15.4 Å². The second-order valence-corrected chi connectivity index (χ2v) is 4.85. The zero-order chi connectivity index (χ0) is 13.1. The lowest BCUT2D eigenvalue weighted by molar-refractivity contribution is 0.193. The molecule has 100 valence electrons. The van der Waals surface area contributed by atoms with Crippen LogP contribution in [0.3, 0.4) is 0 Å². The fourth-order valence-corrected chi connectivity index (χ4v) is 2.25. The molecule has 1 aromatic rings. The first-order chi connectivity index (χ1) is 8.63. The predicted molar refractivity (Wildman–Crippen MR) is 72.8 cm³/mol. The maximum absolute atomic E-state index is 5.98. The molecule has 2 heterocycles. The number of nitrogens with two attached hydrogens (primary N) is 1. The smallest absolute Gasteiger partial charge is 0.137 e. The zero-order valence-electron chi connectivity index (χ0n) is 11.4. The Morgan fingerprint density at radius 1 is 1.44 bits per heavy atom. The van der Waals surface area contributed by atoms with Gasteiger partial charge in [-0.15, -0.1) is 0 Å². The minimum atomic E-state index is 0.396. The van der Waals surface area contributed by atoms with Crippen molar-refractivity contribution < 1.29 is 4.74 Å². The monoisotopic (exact) mass is 250 g/mol. The number of aryl methyl sites for hydroxylation is 1. The molecule has 2 N–H and O–H groups in total. The van der Waals surface area contributed by atoms with Crippen LogP contribution in [0, 0.1) is 6.92 Å². The molecule has 2 rings (SSSR count). The summed E-state index contributed by atoms with van der Waals surface area (Å²) in [7, 11) is 2.06. The Kier molecular flexibility index (Phi) is 4.01. The van der Waals surface area contributed by atoms with Gasteiger partial charge in [-0.1, -0.05) is 6.92 Å². The highest BCUT2D eigenvalue weighted by atomic mass is 16.5. The first-order valence-corrected chi connectivity index (χ1v) is 6.57. The van der Waals surface area contributed by atoms with Crippen LogP contribution in [0.5, 0.6) is 0 Å². The third kappa shape index (κ3) is 2.56. The summed E-state index contributed by atoms with van der Waals surface area (Å²) in [6.45, 7) is 5.69. The van der Waals surface area contributed by atoms with Crippen molar-refractivity contribution in [1.29, 1.82) is 0 Å². The van der Waals surface area contributed by atoms with Gasteiger partial charge in [0, 0.05) is 25.6 Å². The highest BCUT2D eigenvalue weighted by molar-refractivity contribution is 5.56. The summed E-state index contributed by atoms with van der Waals surface area (Å²) < 4.78 is 5.43. The van der Waals surface area contributed by atoms with Crippen LogP contribution < -0.4 is 10.6 Å². The normalized spacial score (nSPS) is 19.2. The van der Waals surface area contributed by atoms with Gasteiger partial charge in [0.1, 0.15) is 17.5 Å². The van der Waals surface area contributed by atoms with Crippen LogP contribution in [0.4, 0.5) is 11.6 Å².